The van der Waals surface area contributed by atoms with Crippen LogP contribution in [0.1, 0.15) is 5.56 Å². The van der Waals surface area contributed by atoms with Crippen molar-refractivity contribution in [2.45, 2.75) is 10.6 Å². The zero-order valence-corrected chi connectivity index (χ0v) is 9.95. The molecule has 0 radical (unpaired) electrons. The van der Waals surface area contributed by atoms with Crippen LogP contribution in [0.4, 0.5) is 5.82 Å². The van der Waals surface area contributed by atoms with Crippen LogP contribution in [0.5, 0.6) is 5.75 Å². The molecule has 1 heterocycles. The van der Waals surface area contributed by atoms with Gasteiger partial charge >= 0.3 is 0 Å². The van der Waals surface area contributed by atoms with Gasteiger partial charge in [-0.2, -0.15) is 0 Å². The van der Waals surface area contributed by atoms with E-state index in [9.17, 15) is 5.11 Å². The average molecular weight is 247 g/mol. The summed E-state index contributed by atoms with van der Waals surface area (Å²) in [6.07, 6.45) is 1.70. The van der Waals surface area contributed by atoms with E-state index in [0.29, 0.717) is 11.6 Å². The summed E-state index contributed by atoms with van der Waals surface area (Å²) in [6, 6.07) is 11.1. The molecule has 0 saturated heterocycles. The fraction of sp³-hybridized carbons (Fsp3) is 0.0833. The SMILES string of the molecule is NNc1cc(CSc2ccccc2O)ccn1. The molecule has 4 nitrogen and oxygen atoms in total. The van der Waals surface area contributed by atoms with Crippen LogP contribution < -0.4 is 11.3 Å². The third-order valence-corrected chi connectivity index (χ3v) is 3.37. The molecule has 0 saturated carbocycles. The van der Waals surface area contributed by atoms with Gasteiger partial charge in [-0.15, -0.1) is 11.8 Å². The highest BCUT2D eigenvalue weighted by Gasteiger charge is 2.02. The maximum Gasteiger partial charge on any atom is 0.140 e. The molecular weight excluding hydrogens is 234 g/mol. The summed E-state index contributed by atoms with van der Waals surface area (Å²) in [7, 11) is 0. The van der Waals surface area contributed by atoms with Gasteiger partial charge in [0.25, 0.3) is 0 Å². The lowest BCUT2D eigenvalue weighted by atomic mass is 10.3. The number of nitrogen functional groups attached to an aromatic ring is 1. The van der Waals surface area contributed by atoms with Crippen LogP contribution >= 0.6 is 11.8 Å². The van der Waals surface area contributed by atoms with Gasteiger partial charge in [-0.25, -0.2) is 10.8 Å². The van der Waals surface area contributed by atoms with Crippen molar-refractivity contribution in [3.05, 3.63) is 48.2 Å². The number of aromatic nitrogens is 1. The number of benzene rings is 1. The molecule has 0 bridgehead atoms. The maximum atomic E-state index is 9.62. The van der Waals surface area contributed by atoms with Gasteiger partial charge in [-0.05, 0) is 29.8 Å². The van der Waals surface area contributed by atoms with E-state index in [-0.39, 0.29) is 0 Å². The number of hydrazine groups is 1. The molecule has 0 aliphatic heterocycles. The molecule has 0 amide bonds. The van der Waals surface area contributed by atoms with Gasteiger partial charge in [0, 0.05) is 16.8 Å². The van der Waals surface area contributed by atoms with E-state index >= 15 is 0 Å². The zero-order chi connectivity index (χ0) is 12.1. The summed E-state index contributed by atoms with van der Waals surface area (Å²) in [6.45, 7) is 0. The topological polar surface area (TPSA) is 71.2 Å². The Kier molecular flexibility index (Phi) is 3.85. The molecule has 0 aliphatic rings. The second kappa shape index (κ2) is 5.56. The summed E-state index contributed by atoms with van der Waals surface area (Å²) in [5, 5.41) is 9.62. The van der Waals surface area contributed by atoms with Crippen molar-refractivity contribution in [3.63, 3.8) is 0 Å². The van der Waals surface area contributed by atoms with Gasteiger partial charge in [0.2, 0.25) is 0 Å². The Balaban J connectivity index is 2.05. The lowest BCUT2D eigenvalue weighted by Gasteiger charge is -2.05. The van der Waals surface area contributed by atoms with Crippen molar-refractivity contribution in [1.82, 2.24) is 4.98 Å². The quantitative estimate of drug-likeness (QED) is 0.439. The van der Waals surface area contributed by atoms with Crippen LogP contribution in [0, 0.1) is 0 Å². The van der Waals surface area contributed by atoms with E-state index in [4.69, 9.17) is 5.84 Å². The van der Waals surface area contributed by atoms with Crippen molar-refractivity contribution < 1.29 is 5.11 Å². The molecule has 2 rings (SSSR count). The number of pyridine rings is 1. The Morgan fingerprint density at radius 3 is 2.88 bits per heavy atom. The zero-order valence-electron chi connectivity index (χ0n) is 9.13. The number of nitrogens with zero attached hydrogens (tertiary/aromatic N) is 1. The van der Waals surface area contributed by atoms with E-state index in [1.165, 1.54) is 0 Å². The second-order valence-corrected chi connectivity index (χ2v) is 4.47. The fourth-order valence-corrected chi connectivity index (χ4v) is 2.28. The first kappa shape index (κ1) is 11.8. The van der Waals surface area contributed by atoms with Gasteiger partial charge in [0.1, 0.15) is 11.6 Å². The molecule has 0 aliphatic carbocycles. The number of anilines is 1. The molecule has 4 N–H and O–H groups in total. The molecule has 5 heteroatoms. The fourth-order valence-electron chi connectivity index (χ4n) is 1.38. The molecule has 0 atom stereocenters. The summed E-state index contributed by atoms with van der Waals surface area (Å²) in [5.41, 5.74) is 3.61. The normalized spacial score (nSPS) is 10.2. The lowest BCUT2D eigenvalue weighted by Crippen LogP contribution is -2.08. The molecule has 88 valence electrons. The van der Waals surface area contributed by atoms with Crippen molar-refractivity contribution in [3.8, 4) is 5.75 Å². The van der Waals surface area contributed by atoms with E-state index in [0.717, 1.165) is 16.2 Å². The maximum absolute atomic E-state index is 9.62. The number of rotatable bonds is 4. The number of phenols is 1. The van der Waals surface area contributed by atoms with Crippen molar-refractivity contribution in [2.24, 2.45) is 5.84 Å². The highest BCUT2D eigenvalue weighted by molar-refractivity contribution is 7.98. The second-order valence-electron chi connectivity index (χ2n) is 3.45. The largest absolute Gasteiger partial charge is 0.507 e. The first-order chi connectivity index (χ1) is 8.29. The van der Waals surface area contributed by atoms with Crippen LogP contribution in [0.15, 0.2) is 47.5 Å². The van der Waals surface area contributed by atoms with Crippen LogP contribution in [0.25, 0.3) is 0 Å². The minimum Gasteiger partial charge on any atom is -0.507 e. The number of hydrogen-bond donors (Lipinski definition) is 3. The van der Waals surface area contributed by atoms with Gasteiger partial charge in [-0.1, -0.05) is 12.1 Å². The van der Waals surface area contributed by atoms with E-state index < -0.39 is 0 Å². The van der Waals surface area contributed by atoms with Gasteiger partial charge in [0.15, 0.2) is 0 Å². The Labute approximate surface area is 104 Å². The first-order valence-electron chi connectivity index (χ1n) is 5.12. The molecule has 2 aromatic rings. The lowest BCUT2D eigenvalue weighted by molar-refractivity contribution is 0.462. The number of nitrogens with two attached hydrogens (primary N) is 1. The number of thioether (sulfide) groups is 1. The highest BCUT2D eigenvalue weighted by Crippen LogP contribution is 2.30. The molecular formula is C12H13N3OS. The van der Waals surface area contributed by atoms with Crippen LogP contribution in [-0.2, 0) is 5.75 Å². The number of aromatic hydroxyl groups is 1. The Hall–Kier alpha value is -1.72. The Morgan fingerprint density at radius 1 is 1.29 bits per heavy atom. The molecule has 0 spiro atoms. The third kappa shape index (κ3) is 3.12. The summed E-state index contributed by atoms with van der Waals surface area (Å²) in [4.78, 5) is 4.90. The summed E-state index contributed by atoms with van der Waals surface area (Å²) < 4.78 is 0. The van der Waals surface area contributed by atoms with E-state index in [1.54, 1.807) is 24.0 Å². The van der Waals surface area contributed by atoms with E-state index in [2.05, 4.69) is 10.4 Å². The predicted molar refractivity (Wildman–Crippen MR) is 69.7 cm³/mol. The molecule has 17 heavy (non-hydrogen) atoms. The minimum absolute atomic E-state index is 0.309. The van der Waals surface area contributed by atoms with Crippen LogP contribution in [0.3, 0.4) is 0 Å². The average Bonchev–Trinajstić information content (AvgIpc) is 2.38. The van der Waals surface area contributed by atoms with Crippen molar-refractivity contribution in [1.29, 1.82) is 0 Å². The molecule has 0 unspecified atom stereocenters. The minimum atomic E-state index is 0.309. The number of para-hydroxylation sites is 1. The molecule has 0 fully saturated rings. The monoisotopic (exact) mass is 247 g/mol. The standard InChI is InChI=1S/C12H13N3OS/c13-15-12-7-9(5-6-14-12)8-17-11-4-2-1-3-10(11)16/h1-7,16H,8,13H2,(H,14,15). The van der Waals surface area contributed by atoms with Gasteiger partial charge in [-0.3, -0.25) is 0 Å². The number of hydrogen-bond acceptors (Lipinski definition) is 5. The van der Waals surface area contributed by atoms with Gasteiger partial charge < -0.3 is 10.5 Å². The first-order valence-corrected chi connectivity index (χ1v) is 6.10. The summed E-state index contributed by atoms with van der Waals surface area (Å²) in [5.74, 6) is 7.00. The Bertz CT molecular complexity index is 505. The molecule has 1 aromatic heterocycles. The molecule has 1 aromatic carbocycles. The summed E-state index contributed by atoms with van der Waals surface area (Å²) >= 11 is 1.57. The van der Waals surface area contributed by atoms with Crippen LogP contribution in [0.2, 0.25) is 0 Å². The predicted octanol–water partition coefficient (Wildman–Crippen LogP) is 2.37. The van der Waals surface area contributed by atoms with Crippen molar-refractivity contribution in [2.75, 3.05) is 5.43 Å². The number of nitrogens with one attached hydrogen (secondary N) is 1. The highest BCUT2D eigenvalue weighted by atomic mass is 32.2. The van der Waals surface area contributed by atoms with Crippen molar-refractivity contribution >= 4 is 17.6 Å². The smallest absolute Gasteiger partial charge is 0.140 e. The van der Waals surface area contributed by atoms with Gasteiger partial charge in [0.05, 0.1) is 0 Å². The van der Waals surface area contributed by atoms with Crippen LogP contribution in [-0.4, -0.2) is 10.1 Å². The van der Waals surface area contributed by atoms with E-state index in [1.807, 2.05) is 30.3 Å². The number of phenolic OH excluding ortho intramolecular Hbond substituents is 1. The Morgan fingerprint density at radius 2 is 2.12 bits per heavy atom. The third-order valence-electron chi connectivity index (χ3n) is 2.23.